The molecule has 3 rings (SSSR count). The molecule has 21 heteroatoms. The fourth-order valence-electron chi connectivity index (χ4n) is 4.03. The van der Waals surface area contributed by atoms with E-state index in [9.17, 15) is 29.8 Å². The summed E-state index contributed by atoms with van der Waals surface area (Å²) in [6, 6.07) is 8.34. The number of hydrogen-bond donors (Lipinski definition) is 5. The molecule has 0 radical (unpaired) electrons. The minimum Gasteiger partial charge on any atom is -0.395 e. The van der Waals surface area contributed by atoms with Crippen molar-refractivity contribution in [2.24, 2.45) is 20.5 Å². The largest absolute Gasteiger partial charge is 0.395 e. The lowest BCUT2D eigenvalue weighted by Gasteiger charge is -2.23. The molecule has 1 heterocycles. The molecule has 0 aliphatic rings. The molecule has 2 aromatic carbocycles. The monoisotopic (exact) mass is 728 g/mol. The topological polar surface area (TPSA) is 276 Å². The molecule has 0 amide bonds. The molecule has 18 nitrogen and oxygen atoms in total. The van der Waals surface area contributed by atoms with Crippen LogP contribution in [0.5, 0.6) is 0 Å². The Hall–Kier alpha value is -4.12. The van der Waals surface area contributed by atoms with Crippen LogP contribution in [0.25, 0.3) is 0 Å². The molecule has 0 atom stereocenters. The van der Waals surface area contributed by atoms with Crippen molar-refractivity contribution in [1.29, 1.82) is 0 Å². The van der Waals surface area contributed by atoms with Crippen LogP contribution in [0.3, 0.4) is 0 Å². The van der Waals surface area contributed by atoms with Gasteiger partial charge >= 0.3 is 0 Å². The average molecular weight is 729 g/mol. The first kappa shape index (κ1) is 38.3. The third-order valence-electron chi connectivity index (χ3n) is 6.66. The Labute approximate surface area is 278 Å². The molecule has 0 spiro atoms. The van der Waals surface area contributed by atoms with Crippen molar-refractivity contribution in [3.05, 3.63) is 48.0 Å². The fourth-order valence-corrected chi connectivity index (χ4v) is 6.19. The molecule has 0 bridgehead atoms. The first-order valence-electron chi connectivity index (χ1n) is 14.0. The number of aliphatic hydroxyl groups excluding tert-OH is 1. The first-order chi connectivity index (χ1) is 22.5. The van der Waals surface area contributed by atoms with Crippen molar-refractivity contribution < 1.29 is 44.2 Å². The number of methoxy groups -OCH3 is 1. The lowest BCUT2D eigenvalue weighted by atomic mass is 10.2. The first-order valence-corrected chi connectivity index (χ1v) is 18.7. The molecule has 0 saturated heterocycles. The summed E-state index contributed by atoms with van der Waals surface area (Å²) >= 11 is 0. The van der Waals surface area contributed by atoms with Gasteiger partial charge in [0.2, 0.25) is 0 Å². The number of nitrogens with one attached hydrogen (secondary N) is 1. The van der Waals surface area contributed by atoms with E-state index in [0.717, 1.165) is 18.2 Å². The normalized spacial score (nSPS) is 12.6. The Morgan fingerprint density at radius 2 is 1.56 bits per heavy atom. The fraction of sp³-hybridized carbons (Fsp3) is 0.370. The Bertz CT molecular complexity index is 1990. The van der Waals surface area contributed by atoms with Crippen LogP contribution in [0.2, 0.25) is 0 Å². The van der Waals surface area contributed by atoms with E-state index in [1.165, 1.54) is 24.3 Å². The zero-order valence-corrected chi connectivity index (χ0v) is 28.6. The second-order valence-corrected chi connectivity index (χ2v) is 15.4. The second-order valence-electron chi connectivity index (χ2n) is 10.2. The van der Waals surface area contributed by atoms with Crippen LogP contribution in [0, 0.1) is 6.92 Å². The number of anilines is 3. The number of ether oxygens (including phenoxy) is 1. The number of aromatic nitrogens is 1. The quantitative estimate of drug-likeness (QED) is 0.0755. The van der Waals surface area contributed by atoms with E-state index in [-0.39, 0.29) is 63.0 Å². The van der Waals surface area contributed by atoms with Gasteiger partial charge in [0.15, 0.2) is 21.5 Å². The van der Waals surface area contributed by atoms with Crippen LogP contribution in [-0.4, -0.2) is 96.4 Å². The summed E-state index contributed by atoms with van der Waals surface area (Å²) in [5.74, 6) is -0.172. The predicted octanol–water partition coefficient (Wildman–Crippen LogP) is 3.59. The molecule has 1 aromatic heterocycles. The minimum atomic E-state index is -4.85. The molecule has 0 aliphatic heterocycles. The maximum Gasteiger partial charge on any atom is 0.296 e. The van der Waals surface area contributed by atoms with Gasteiger partial charge in [0, 0.05) is 39.4 Å². The molecule has 0 saturated carbocycles. The number of azo groups is 2. The summed E-state index contributed by atoms with van der Waals surface area (Å²) in [6.07, 6.45) is 0.580. The molecule has 6 N–H and O–H groups in total. The van der Waals surface area contributed by atoms with Gasteiger partial charge in [-0.05, 0) is 55.8 Å². The van der Waals surface area contributed by atoms with Crippen molar-refractivity contribution in [1.82, 2.24) is 4.98 Å². The highest BCUT2D eigenvalue weighted by molar-refractivity contribution is 7.91. The van der Waals surface area contributed by atoms with Crippen molar-refractivity contribution >= 4 is 70.1 Å². The van der Waals surface area contributed by atoms with Crippen LogP contribution in [0.15, 0.2) is 72.7 Å². The number of nitrogen functional groups attached to an aromatic ring is 1. The van der Waals surface area contributed by atoms with Gasteiger partial charge in [-0.15, -0.1) is 10.2 Å². The molecule has 0 fully saturated rings. The Kier molecular flexibility index (Phi) is 13.0. The van der Waals surface area contributed by atoms with Crippen molar-refractivity contribution in [2.75, 3.05) is 67.9 Å². The molecular weight excluding hydrogens is 693 g/mol. The molecular formula is C27H36N8O10S3. The number of hydrogen-bond acceptors (Lipinski definition) is 16. The number of nitrogens with two attached hydrogens (primary N) is 1. The summed E-state index contributed by atoms with van der Waals surface area (Å²) in [6.45, 7) is 1.98. The Balaban J connectivity index is 1.99. The van der Waals surface area contributed by atoms with E-state index < -0.39 is 41.6 Å². The molecule has 262 valence electrons. The van der Waals surface area contributed by atoms with E-state index in [2.05, 4.69) is 30.8 Å². The number of benzene rings is 2. The number of pyridine rings is 1. The molecule has 3 aromatic rings. The number of aliphatic hydroxyl groups is 1. The zero-order chi connectivity index (χ0) is 35.7. The van der Waals surface area contributed by atoms with Gasteiger partial charge in [0.25, 0.3) is 20.2 Å². The van der Waals surface area contributed by atoms with Crippen LogP contribution < -0.4 is 16.0 Å². The summed E-state index contributed by atoms with van der Waals surface area (Å²) in [5.41, 5.74) is 7.00. The third-order valence-corrected chi connectivity index (χ3v) is 10.0. The van der Waals surface area contributed by atoms with Gasteiger partial charge in [0.05, 0.1) is 40.1 Å². The van der Waals surface area contributed by atoms with Crippen LogP contribution in [0.4, 0.5) is 40.1 Å². The van der Waals surface area contributed by atoms with Gasteiger partial charge in [-0.3, -0.25) is 9.11 Å². The number of nitrogens with zero attached hydrogens (tertiary/aromatic N) is 6. The maximum atomic E-state index is 12.3. The van der Waals surface area contributed by atoms with Crippen LogP contribution in [-0.2, 0) is 34.8 Å². The highest BCUT2D eigenvalue weighted by Crippen LogP contribution is 2.39. The number of rotatable bonds is 17. The number of sulfone groups is 1. The zero-order valence-electron chi connectivity index (χ0n) is 26.2. The van der Waals surface area contributed by atoms with Gasteiger partial charge in [-0.25, -0.2) is 13.4 Å². The Morgan fingerprint density at radius 1 is 0.917 bits per heavy atom. The lowest BCUT2D eigenvalue weighted by Crippen LogP contribution is -2.29. The summed E-state index contributed by atoms with van der Waals surface area (Å²) in [7, 11) is -9.61. The van der Waals surface area contributed by atoms with E-state index in [1.54, 1.807) is 26.0 Å². The smallest absolute Gasteiger partial charge is 0.296 e. The maximum absolute atomic E-state index is 12.3. The van der Waals surface area contributed by atoms with Crippen molar-refractivity contribution in [3.8, 4) is 0 Å². The molecule has 0 unspecified atom stereocenters. The average Bonchev–Trinajstić information content (AvgIpc) is 3.01. The third kappa shape index (κ3) is 10.7. The van der Waals surface area contributed by atoms with Crippen LogP contribution in [0.1, 0.15) is 12.0 Å². The highest BCUT2D eigenvalue weighted by Gasteiger charge is 2.21. The van der Waals surface area contributed by atoms with E-state index in [0.29, 0.717) is 25.1 Å². The summed E-state index contributed by atoms with van der Waals surface area (Å²) in [4.78, 5) is 5.11. The van der Waals surface area contributed by atoms with Crippen molar-refractivity contribution in [2.45, 2.75) is 23.1 Å². The summed E-state index contributed by atoms with van der Waals surface area (Å²) < 4.78 is 95.4. The molecule has 48 heavy (non-hydrogen) atoms. The van der Waals surface area contributed by atoms with E-state index in [4.69, 9.17) is 20.1 Å². The van der Waals surface area contributed by atoms with Gasteiger partial charge in [-0.2, -0.15) is 27.1 Å². The van der Waals surface area contributed by atoms with Gasteiger partial charge < -0.3 is 25.8 Å². The second kappa shape index (κ2) is 16.3. The van der Waals surface area contributed by atoms with Crippen molar-refractivity contribution in [3.63, 3.8) is 0 Å². The lowest BCUT2D eigenvalue weighted by molar-refractivity contribution is 0.198. The predicted molar refractivity (Wildman–Crippen MR) is 178 cm³/mol. The van der Waals surface area contributed by atoms with Crippen LogP contribution >= 0.6 is 0 Å². The van der Waals surface area contributed by atoms with E-state index in [1.807, 2.05) is 0 Å². The molecule has 0 aliphatic carbocycles. The van der Waals surface area contributed by atoms with E-state index >= 15 is 0 Å². The standard InChI is InChI=1S/C27H36N8O10S3/c1-18-24(28)27(35(2)12-15-46(37,38)16-13-36)30-26(29-11-4-14-45-3)25(18)34-33-22-10-7-20(17-23(22)48(42,43)44)32-31-19-5-8-21(9-6-19)47(39,40)41/h5-10,17,36H,4,11-16,28H2,1-3H3,(H,29,30)(H,39,40,41)(H,42,43,44). The minimum absolute atomic E-state index is 0.00332. The Morgan fingerprint density at radius 3 is 2.17 bits per heavy atom. The van der Waals surface area contributed by atoms with Gasteiger partial charge in [-0.1, -0.05) is 0 Å². The van der Waals surface area contributed by atoms with Gasteiger partial charge in [0.1, 0.15) is 16.3 Å². The highest BCUT2D eigenvalue weighted by atomic mass is 32.2. The SMILES string of the molecule is COCCCNc1nc(N(C)CCS(=O)(=O)CCO)c(N)c(C)c1N=Nc1ccc(N=Nc2ccc(S(=O)(=O)O)cc2)cc1S(=O)(=O)O. The summed E-state index contributed by atoms with van der Waals surface area (Å²) in [5, 5.41) is 28.2.